The van der Waals surface area contributed by atoms with E-state index in [-0.39, 0.29) is 22.8 Å². The Hall–Kier alpha value is -4.33. The van der Waals surface area contributed by atoms with Gasteiger partial charge in [-0.2, -0.15) is 4.98 Å². The molecule has 0 atom stereocenters. The first-order valence-electron chi connectivity index (χ1n) is 10.9. The van der Waals surface area contributed by atoms with Crippen molar-refractivity contribution < 1.29 is 23.2 Å². The lowest BCUT2D eigenvalue weighted by Gasteiger charge is -2.18. The van der Waals surface area contributed by atoms with Gasteiger partial charge in [0.2, 0.25) is 5.82 Å². The highest BCUT2D eigenvalue weighted by molar-refractivity contribution is 6.03. The lowest BCUT2D eigenvalue weighted by atomic mass is 9.91. The average Bonchev–Trinajstić information content (AvgIpc) is 3.35. The molecule has 8 heteroatoms. The van der Waals surface area contributed by atoms with E-state index in [0.717, 1.165) is 31.2 Å². The monoisotopic (exact) mass is 457 g/mol. The van der Waals surface area contributed by atoms with Gasteiger partial charge in [-0.25, -0.2) is 9.18 Å². The Kier molecular flexibility index (Phi) is 5.86. The standard InChI is InChI=1S/C26H20FN3O4/c27-21-13-4-3-12-20(21)25-28-23(30-34-25)17-9-5-10-18(15-17)24(31)29-26(32)33-22-14-6-8-16-7-1-2-11-19(16)22/h3-6,8-10,12-15H,1-2,7,11H2,(H,29,31,32). The molecule has 0 aliphatic heterocycles. The first kappa shape index (κ1) is 21.5. The van der Waals surface area contributed by atoms with E-state index in [4.69, 9.17) is 9.26 Å². The van der Waals surface area contributed by atoms with Crippen LogP contribution in [0, 0.1) is 5.82 Å². The molecule has 0 fully saturated rings. The van der Waals surface area contributed by atoms with Gasteiger partial charge in [0, 0.05) is 11.1 Å². The van der Waals surface area contributed by atoms with Crippen LogP contribution in [-0.4, -0.2) is 22.1 Å². The lowest BCUT2D eigenvalue weighted by molar-refractivity contribution is 0.0950. The van der Waals surface area contributed by atoms with E-state index in [2.05, 4.69) is 15.5 Å². The average molecular weight is 457 g/mol. The van der Waals surface area contributed by atoms with Crippen molar-refractivity contribution in [3.63, 3.8) is 0 Å². The van der Waals surface area contributed by atoms with E-state index >= 15 is 0 Å². The van der Waals surface area contributed by atoms with Crippen LogP contribution in [0.1, 0.15) is 34.3 Å². The molecule has 1 heterocycles. The Bertz CT molecular complexity index is 1380. The van der Waals surface area contributed by atoms with Gasteiger partial charge in [-0.05, 0) is 67.1 Å². The van der Waals surface area contributed by atoms with Crippen LogP contribution >= 0.6 is 0 Å². The second-order valence-corrected chi connectivity index (χ2v) is 7.93. The van der Waals surface area contributed by atoms with Crippen LogP contribution in [0.3, 0.4) is 0 Å². The highest BCUT2D eigenvalue weighted by Gasteiger charge is 2.19. The molecule has 1 aliphatic carbocycles. The normalized spacial score (nSPS) is 12.6. The van der Waals surface area contributed by atoms with Gasteiger partial charge < -0.3 is 9.26 Å². The molecule has 3 aromatic carbocycles. The Labute approximate surface area is 194 Å². The van der Waals surface area contributed by atoms with Gasteiger partial charge in [-0.1, -0.05) is 41.6 Å². The molecule has 4 aromatic rings. The number of nitrogens with zero attached hydrogens (tertiary/aromatic N) is 2. The van der Waals surface area contributed by atoms with Gasteiger partial charge in [0.05, 0.1) is 5.56 Å². The van der Waals surface area contributed by atoms with Gasteiger partial charge in [-0.3, -0.25) is 10.1 Å². The molecule has 34 heavy (non-hydrogen) atoms. The third kappa shape index (κ3) is 4.43. The number of amides is 2. The molecule has 170 valence electrons. The van der Waals surface area contributed by atoms with E-state index in [1.807, 2.05) is 12.1 Å². The number of aryl methyl sites for hydroxylation is 1. The Morgan fingerprint density at radius 1 is 0.971 bits per heavy atom. The minimum Gasteiger partial charge on any atom is -0.410 e. The van der Waals surface area contributed by atoms with E-state index in [9.17, 15) is 14.0 Å². The summed E-state index contributed by atoms with van der Waals surface area (Å²) < 4.78 is 24.6. The molecular weight excluding hydrogens is 437 g/mol. The first-order chi connectivity index (χ1) is 16.6. The lowest BCUT2D eigenvalue weighted by Crippen LogP contribution is -2.33. The summed E-state index contributed by atoms with van der Waals surface area (Å²) in [5.74, 6) is -0.425. The number of nitrogens with one attached hydrogen (secondary N) is 1. The predicted octanol–water partition coefficient (Wildman–Crippen LogP) is 5.35. The number of imide groups is 1. The number of rotatable bonds is 4. The zero-order valence-corrected chi connectivity index (χ0v) is 18.1. The van der Waals surface area contributed by atoms with Crippen molar-refractivity contribution >= 4 is 12.0 Å². The molecule has 0 saturated heterocycles. The van der Waals surface area contributed by atoms with Crippen molar-refractivity contribution in [2.45, 2.75) is 25.7 Å². The van der Waals surface area contributed by atoms with Crippen molar-refractivity contribution in [2.24, 2.45) is 0 Å². The van der Waals surface area contributed by atoms with Crippen molar-refractivity contribution in [2.75, 3.05) is 0 Å². The summed E-state index contributed by atoms with van der Waals surface area (Å²) in [4.78, 5) is 29.3. The molecule has 1 aromatic heterocycles. The number of carbonyl (C=O) groups is 2. The maximum Gasteiger partial charge on any atom is 0.419 e. The van der Waals surface area contributed by atoms with Crippen LogP contribution in [0.2, 0.25) is 0 Å². The van der Waals surface area contributed by atoms with Gasteiger partial charge >= 0.3 is 6.09 Å². The number of benzene rings is 3. The Morgan fingerprint density at radius 2 is 1.79 bits per heavy atom. The molecule has 0 spiro atoms. The SMILES string of the molecule is O=C(NC(=O)c1cccc(-c2noc(-c3ccccc3F)n2)c1)Oc1cccc2c1CCCC2. The summed E-state index contributed by atoms with van der Waals surface area (Å²) in [5.41, 5.74) is 3.05. The number of halogens is 1. The van der Waals surface area contributed by atoms with Crippen LogP contribution in [0.25, 0.3) is 22.8 Å². The largest absolute Gasteiger partial charge is 0.419 e. The quantitative estimate of drug-likeness (QED) is 0.444. The number of aromatic nitrogens is 2. The summed E-state index contributed by atoms with van der Waals surface area (Å²) in [7, 11) is 0. The predicted molar refractivity (Wildman–Crippen MR) is 122 cm³/mol. The van der Waals surface area contributed by atoms with Crippen LogP contribution in [0.4, 0.5) is 9.18 Å². The van der Waals surface area contributed by atoms with Gasteiger partial charge in [0.1, 0.15) is 11.6 Å². The van der Waals surface area contributed by atoms with E-state index in [1.54, 1.807) is 36.4 Å². The highest BCUT2D eigenvalue weighted by atomic mass is 19.1. The number of fused-ring (bicyclic) bond motifs is 1. The molecule has 0 unspecified atom stereocenters. The van der Waals surface area contributed by atoms with Gasteiger partial charge in [-0.15, -0.1) is 0 Å². The van der Waals surface area contributed by atoms with Crippen molar-refractivity contribution in [1.82, 2.24) is 15.5 Å². The zero-order valence-electron chi connectivity index (χ0n) is 18.1. The van der Waals surface area contributed by atoms with Crippen molar-refractivity contribution in [1.29, 1.82) is 0 Å². The summed E-state index contributed by atoms with van der Waals surface area (Å²) in [6.45, 7) is 0. The number of carbonyl (C=O) groups excluding carboxylic acids is 2. The third-order valence-electron chi connectivity index (χ3n) is 5.68. The molecule has 2 amide bonds. The second-order valence-electron chi connectivity index (χ2n) is 7.93. The fourth-order valence-corrected chi connectivity index (χ4v) is 4.02. The number of hydrogen-bond acceptors (Lipinski definition) is 6. The molecule has 7 nitrogen and oxygen atoms in total. The minimum atomic E-state index is -0.851. The molecule has 1 aliphatic rings. The smallest absolute Gasteiger partial charge is 0.410 e. The molecule has 0 bridgehead atoms. The maximum absolute atomic E-state index is 14.0. The number of hydrogen-bond donors (Lipinski definition) is 1. The summed E-state index contributed by atoms with van der Waals surface area (Å²) in [6.07, 6.45) is 3.09. The molecule has 1 N–H and O–H groups in total. The van der Waals surface area contributed by atoms with Crippen LogP contribution in [0.15, 0.2) is 71.3 Å². The van der Waals surface area contributed by atoms with E-state index in [0.29, 0.717) is 11.3 Å². The topological polar surface area (TPSA) is 94.3 Å². The Morgan fingerprint density at radius 3 is 2.68 bits per heavy atom. The maximum atomic E-state index is 14.0. The van der Waals surface area contributed by atoms with Crippen molar-refractivity contribution in [3.8, 4) is 28.6 Å². The zero-order chi connectivity index (χ0) is 23.5. The summed E-state index contributed by atoms with van der Waals surface area (Å²) >= 11 is 0. The van der Waals surface area contributed by atoms with Crippen LogP contribution in [0.5, 0.6) is 5.75 Å². The van der Waals surface area contributed by atoms with Gasteiger partial charge in [0.15, 0.2) is 0 Å². The molecule has 0 saturated carbocycles. The fraction of sp³-hybridized carbons (Fsp3) is 0.154. The van der Waals surface area contributed by atoms with Crippen LogP contribution < -0.4 is 10.1 Å². The third-order valence-corrected chi connectivity index (χ3v) is 5.68. The molecule has 5 rings (SSSR count). The van der Waals surface area contributed by atoms with E-state index < -0.39 is 17.8 Å². The molecular formula is C26H20FN3O4. The van der Waals surface area contributed by atoms with E-state index in [1.165, 1.54) is 23.8 Å². The first-order valence-corrected chi connectivity index (χ1v) is 10.9. The fourth-order valence-electron chi connectivity index (χ4n) is 4.02. The number of ether oxygens (including phenoxy) is 1. The highest BCUT2D eigenvalue weighted by Crippen LogP contribution is 2.29. The molecule has 0 radical (unpaired) electrons. The minimum absolute atomic E-state index is 0.0257. The summed E-state index contributed by atoms with van der Waals surface area (Å²) in [5, 5.41) is 6.14. The van der Waals surface area contributed by atoms with Crippen molar-refractivity contribution in [3.05, 3.63) is 89.2 Å². The summed E-state index contributed by atoms with van der Waals surface area (Å²) in [6, 6.07) is 18.1. The second kappa shape index (κ2) is 9.27. The Balaban J connectivity index is 1.30. The van der Waals surface area contributed by atoms with Crippen LogP contribution in [-0.2, 0) is 12.8 Å². The van der Waals surface area contributed by atoms with Gasteiger partial charge in [0.25, 0.3) is 11.8 Å².